The summed E-state index contributed by atoms with van der Waals surface area (Å²) in [6, 6.07) is 43.5. The lowest BCUT2D eigenvalue weighted by molar-refractivity contribution is 0.813. The summed E-state index contributed by atoms with van der Waals surface area (Å²) >= 11 is 8.08. The van der Waals surface area contributed by atoms with E-state index in [9.17, 15) is 0 Å². The maximum Gasteiger partial charge on any atom is 0.0406 e. The minimum atomic E-state index is 0.247. The third-order valence-corrected chi connectivity index (χ3v) is 7.92. The zero-order chi connectivity index (χ0) is 22.9. The van der Waals surface area contributed by atoms with E-state index in [4.69, 9.17) is 11.6 Å². The Morgan fingerprint density at radius 2 is 1.29 bits per heavy atom. The molecule has 0 aliphatic rings. The van der Waals surface area contributed by atoms with Gasteiger partial charge in [-0.1, -0.05) is 103 Å². The van der Waals surface area contributed by atoms with Crippen LogP contribution >= 0.6 is 22.9 Å². The molecule has 0 radical (unpaired) electrons. The number of halogens is 1. The third kappa shape index (κ3) is 4.03. The van der Waals surface area contributed by atoms with E-state index < -0.39 is 0 Å². The highest BCUT2D eigenvalue weighted by Crippen LogP contribution is 2.43. The van der Waals surface area contributed by atoms with Crippen molar-refractivity contribution in [3.05, 3.63) is 143 Å². The molecule has 1 heterocycles. The van der Waals surface area contributed by atoms with Gasteiger partial charge in [0.1, 0.15) is 0 Å². The molecule has 1 atom stereocenters. The summed E-state index contributed by atoms with van der Waals surface area (Å²) in [7, 11) is 0. The van der Waals surface area contributed by atoms with Crippen LogP contribution in [-0.2, 0) is 6.42 Å². The summed E-state index contributed by atoms with van der Waals surface area (Å²) in [5.74, 6) is 0.247. The number of benzene rings is 5. The zero-order valence-electron chi connectivity index (χ0n) is 18.6. The van der Waals surface area contributed by atoms with E-state index in [1.165, 1.54) is 48.0 Å². The van der Waals surface area contributed by atoms with Crippen LogP contribution in [0.25, 0.3) is 31.3 Å². The summed E-state index contributed by atoms with van der Waals surface area (Å²) in [4.78, 5) is 0. The molecule has 0 nitrogen and oxygen atoms in total. The topological polar surface area (TPSA) is 0 Å². The van der Waals surface area contributed by atoms with Crippen LogP contribution in [0, 0.1) is 0 Å². The maximum absolute atomic E-state index is 6.20. The van der Waals surface area contributed by atoms with Crippen molar-refractivity contribution in [1.29, 1.82) is 0 Å². The van der Waals surface area contributed by atoms with Gasteiger partial charge in [0.25, 0.3) is 0 Å². The Bertz CT molecular complexity index is 1560. The molecule has 0 aliphatic heterocycles. The van der Waals surface area contributed by atoms with E-state index in [1.807, 2.05) is 23.5 Å². The van der Waals surface area contributed by atoms with Crippen molar-refractivity contribution in [3.63, 3.8) is 0 Å². The van der Waals surface area contributed by atoms with Crippen LogP contribution in [0.3, 0.4) is 0 Å². The summed E-state index contributed by atoms with van der Waals surface area (Å²) < 4.78 is 2.66. The van der Waals surface area contributed by atoms with E-state index in [-0.39, 0.29) is 5.92 Å². The monoisotopic (exact) mass is 474 g/mol. The first kappa shape index (κ1) is 21.2. The largest absolute Gasteiger partial charge is 0.135 e. The SMILES string of the molecule is Clc1ccc(-c2cc(C(Cc3ccccc3)c3ccccc3)c3c(c2)sc2ccccc23)cc1. The van der Waals surface area contributed by atoms with Gasteiger partial charge in [-0.2, -0.15) is 0 Å². The second kappa shape index (κ2) is 9.10. The Labute approximate surface area is 209 Å². The van der Waals surface area contributed by atoms with Gasteiger partial charge in [0, 0.05) is 31.1 Å². The molecule has 6 aromatic rings. The van der Waals surface area contributed by atoms with Crippen molar-refractivity contribution >= 4 is 43.1 Å². The molecule has 0 amide bonds. The first-order valence-electron chi connectivity index (χ1n) is 11.6. The Hall–Kier alpha value is -3.39. The zero-order valence-corrected chi connectivity index (χ0v) is 20.2. The minimum absolute atomic E-state index is 0.247. The number of thiophene rings is 1. The van der Waals surface area contributed by atoms with Crippen molar-refractivity contribution in [2.45, 2.75) is 12.3 Å². The van der Waals surface area contributed by atoms with Gasteiger partial charge >= 0.3 is 0 Å². The Morgan fingerprint density at radius 1 is 0.618 bits per heavy atom. The van der Waals surface area contributed by atoms with E-state index in [2.05, 4.69) is 109 Å². The fraction of sp³-hybridized carbons (Fsp3) is 0.0625. The number of rotatable bonds is 5. The van der Waals surface area contributed by atoms with Gasteiger partial charge < -0.3 is 0 Å². The van der Waals surface area contributed by atoms with Crippen LogP contribution < -0.4 is 0 Å². The first-order chi connectivity index (χ1) is 16.8. The minimum Gasteiger partial charge on any atom is -0.135 e. The summed E-state index contributed by atoms with van der Waals surface area (Å²) in [5.41, 5.74) is 6.50. The second-order valence-electron chi connectivity index (χ2n) is 8.70. The van der Waals surface area contributed by atoms with Crippen molar-refractivity contribution in [2.75, 3.05) is 0 Å². The second-order valence-corrected chi connectivity index (χ2v) is 10.2. The fourth-order valence-electron chi connectivity index (χ4n) is 4.91. The molecule has 5 aromatic carbocycles. The maximum atomic E-state index is 6.20. The van der Waals surface area contributed by atoms with Gasteiger partial charge in [0.2, 0.25) is 0 Å². The van der Waals surface area contributed by atoms with Gasteiger partial charge in [0.15, 0.2) is 0 Å². The van der Waals surface area contributed by atoms with Crippen LogP contribution in [0.2, 0.25) is 5.02 Å². The van der Waals surface area contributed by atoms with E-state index >= 15 is 0 Å². The van der Waals surface area contributed by atoms with E-state index in [0.717, 1.165) is 11.4 Å². The lowest BCUT2D eigenvalue weighted by Crippen LogP contribution is -2.06. The smallest absolute Gasteiger partial charge is 0.0406 e. The predicted molar refractivity (Wildman–Crippen MR) is 148 cm³/mol. The molecular weight excluding hydrogens is 452 g/mol. The molecule has 2 heteroatoms. The number of fused-ring (bicyclic) bond motifs is 3. The third-order valence-electron chi connectivity index (χ3n) is 6.55. The molecule has 0 aliphatic carbocycles. The first-order valence-corrected chi connectivity index (χ1v) is 12.8. The molecule has 1 unspecified atom stereocenters. The lowest BCUT2D eigenvalue weighted by Gasteiger charge is -2.21. The van der Waals surface area contributed by atoms with Crippen LogP contribution in [0.5, 0.6) is 0 Å². The highest BCUT2D eigenvalue weighted by atomic mass is 35.5. The summed E-state index contributed by atoms with van der Waals surface area (Å²) in [5, 5.41) is 3.48. The molecule has 0 N–H and O–H groups in total. The van der Waals surface area contributed by atoms with E-state index in [0.29, 0.717) is 0 Å². The van der Waals surface area contributed by atoms with Crippen molar-refractivity contribution in [3.8, 4) is 11.1 Å². The molecule has 0 spiro atoms. The Kier molecular flexibility index (Phi) is 5.66. The Balaban J connectivity index is 1.64. The highest BCUT2D eigenvalue weighted by Gasteiger charge is 2.21. The normalized spacial score (nSPS) is 12.3. The average molecular weight is 475 g/mol. The molecule has 0 fully saturated rings. The van der Waals surface area contributed by atoms with Crippen LogP contribution in [-0.4, -0.2) is 0 Å². The number of hydrogen-bond donors (Lipinski definition) is 0. The highest BCUT2D eigenvalue weighted by molar-refractivity contribution is 7.25. The van der Waals surface area contributed by atoms with Gasteiger partial charge in [-0.3, -0.25) is 0 Å². The molecule has 34 heavy (non-hydrogen) atoms. The van der Waals surface area contributed by atoms with Crippen LogP contribution in [0.1, 0.15) is 22.6 Å². The van der Waals surface area contributed by atoms with Gasteiger partial charge in [-0.25, -0.2) is 0 Å². The summed E-state index contributed by atoms with van der Waals surface area (Å²) in [6.07, 6.45) is 0.953. The van der Waals surface area contributed by atoms with Crippen molar-refractivity contribution in [2.24, 2.45) is 0 Å². The van der Waals surface area contributed by atoms with Crippen LogP contribution in [0.4, 0.5) is 0 Å². The molecule has 0 saturated heterocycles. The molecule has 6 rings (SSSR count). The van der Waals surface area contributed by atoms with Gasteiger partial charge in [-0.05, 0) is 64.6 Å². The van der Waals surface area contributed by atoms with Crippen LogP contribution in [0.15, 0.2) is 121 Å². The quantitative estimate of drug-likeness (QED) is 0.233. The lowest BCUT2D eigenvalue weighted by atomic mass is 9.82. The Morgan fingerprint density at radius 3 is 2.06 bits per heavy atom. The average Bonchev–Trinajstić information content (AvgIpc) is 3.27. The molecule has 1 aromatic heterocycles. The molecular formula is C32H23ClS. The fourth-order valence-corrected chi connectivity index (χ4v) is 6.22. The van der Waals surface area contributed by atoms with Crippen molar-refractivity contribution < 1.29 is 0 Å². The van der Waals surface area contributed by atoms with Crippen molar-refractivity contribution in [1.82, 2.24) is 0 Å². The number of hydrogen-bond acceptors (Lipinski definition) is 1. The predicted octanol–water partition coefficient (Wildman–Crippen LogP) is 9.75. The van der Waals surface area contributed by atoms with Gasteiger partial charge in [0.05, 0.1) is 0 Å². The molecule has 164 valence electrons. The van der Waals surface area contributed by atoms with Gasteiger partial charge in [-0.15, -0.1) is 11.3 Å². The summed E-state index contributed by atoms with van der Waals surface area (Å²) in [6.45, 7) is 0. The standard InChI is InChI=1S/C32H23ClS/c33-26-17-15-23(16-18-26)25-20-29(32-27-13-7-8-14-30(27)34-31(32)21-25)28(24-11-5-2-6-12-24)19-22-9-3-1-4-10-22/h1-18,20-21,28H,19H2. The van der Waals surface area contributed by atoms with E-state index in [1.54, 1.807) is 0 Å². The molecule has 0 bridgehead atoms. The molecule has 0 saturated carbocycles.